The van der Waals surface area contributed by atoms with Crippen LogP contribution in [-0.4, -0.2) is 12.3 Å². The van der Waals surface area contributed by atoms with E-state index in [-0.39, 0.29) is 5.41 Å². The largest absolute Gasteiger partial charge is 0.461 e. The van der Waals surface area contributed by atoms with Crippen molar-refractivity contribution in [3.63, 3.8) is 0 Å². The van der Waals surface area contributed by atoms with Crippen molar-refractivity contribution in [2.45, 2.75) is 57.6 Å². The second kappa shape index (κ2) is 7.31. The molecule has 148 valence electrons. The van der Waals surface area contributed by atoms with E-state index in [1.54, 1.807) is 6.07 Å². The van der Waals surface area contributed by atoms with Crippen molar-refractivity contribution in [2.75, 3.05) is 11.4 Å². The molecular formula is C24H27Cl2NO. The molecule has 0 saturated carbocycles. The normalized spacial score (nSPS) is 21.5. The van der Waals surface area contributed by atoms with E-state index in [2.05, 4.69) is 62.1 Å². The van der Waals surface area contributed by atoms with Crippen molar-refractivity contribution in [1.82, 2.24) is 0 Å². The first-order valence-electron chi connectivity index (χ1n) is 10.1. The van der Waals surface area contributed by atoms with Crippen LogP contribution in [0.3, 0.4) is 0 Å². The summed E-state index contributed by atoms with van der Waals surface area (Å²) in [6.45, 7) is 7.71. The van der Waals surface area contributed by atoms with Gasteiger partial charge in [0.05, 0.1) is 10.4 Å². The molecule has 1 atom stereocenters. The van der Waals surface area contributed by atoms with E-state index in [1.165, 1.54) is 30.5 Å². The number of para-hydroxylation sites is 1. The zero-order chi connectivity index (χ0) is 19.9. The molecule has 2 aliphatic rings. The molecule has 0 saturated heterocycles. The summed E-state index contributed by atoms with van der Waals surface area (Å²) in [7, 11) is 0. The first kappa shape index (κ1) is 19.7. The standard InChI is InChI=1S/C24H27Cl2NO/c1-4-5-6-9-14-27-21-11-8-7-10-19(21)23(2,3)24(27)13-12-17-15-18(25)16-20(26)22(17)28-24/h7-8,10-13,15-16H,4-6,9,14H2,1-3H3. The Balaban J connectivity index is 1.79. The summed E-state index contributed by atoms with van der Waals surface area (Å²) in [5, 5.41) is 1.18. The van der Waals surface area contributed by atoms with Gasteiger partial charge >= 0.3 is 0 Å². The number of ether oxygens (including phenoxy) is 1. The number of anilines is 1. The van der Waals surface area contributed by atoms with Gasteiger partial charge in [-0.3, -0.25) is 0 Å². The molecule has 0 aliphatic carbocycles. The van der Waals surface area contributed by atoms with E-state index in [1.807, 2.05) is 6.07 Å². The molecule has 2 aromatic carbocycles. The summed E-state index contributed by atoms with van der Waals surface area (Å²) in [5.41, 5.74) is 2.66. The Morgan fingerprint density at radius 3 is 2.61 bits per heavy atom. The van der Waals surface area contributed by atoms with Crippen LogP contribution in [0.1, 0.15) is 57.6 Å². The summed E-state index contributed by atoms with van der Waals surface area (Å²) in [6.07, 6.45) is 9.16. The first-order valence-corrected chi connectivity index (χ1v) is 10.9. The zero-order valence-corrected chi connectivity index (χ0v) is 18.3. The minimum absolute atomic E-state index is 0.231. The number of nitrogens with zero attached hydrogens (tertiary/aromatic N) is 1. The van der Waals surface area contributed by atoms with Crippen LogP contribution in [0, 0.1) is 0 Å². The lowest BCUT2D eigenvalue weighted by Crippen LogP contribution is -2.59. The van der Waals surface area contributed by atoms with Crippen LogP contribution in [0.4, 0.5) is 5.69 Å². The van der Waals surface area contributed by atoms with Crippen molar-refractivity contribution in [3.05, 3.63) is 63.6 Å². The van der Waals surface area contributed by atoms with Crippen LogP contribution in [-0.2, 0) is 5.41 Å². The van der Waals surface area contributed by atoms with Crippen molar-refractivity contribution in [3.8, 4) is 5.75 Å². The van der Waals surface area contributed by atoms with E-state index < -0.39 is 5.72 Å². The van der Waals surface area contributed by atoms with E-state index in [0.717, 1.165) is 18.5 Å². The molecule has 2 aliphatic heterocycles. The molecule has 1 unspecified atom stereocenters. The number of halogens is 2. The van der Waals surface area contributed by atoms with Crippen LogP contribution < -0.4 is 9.64 Å². The number of benzene rings is 2. The van der Waals surface area contributed by atoms with Gasteiger partial charge in [-0.25, -0.2) is 0 Å². The van der Waals surface area contributed by atoms with Gasteiger partial charge in [0.25, 0.3) is 0 Å². The van der Waals surface area contributed by atoms with Gasteiger partial charge < -0.3 is 9.64 Å². The van der Waals surface area contributed by atoms with E-state index in [0.29, 0.717) is 15.8 Å². The molecule has 1 spiro atoms. The highest BCUT2D eigenvalue weighted by molar-refractivity contribution is 6.36. The Labute approximate surface area is 178 Å². The maximum absolute atomic E-state index is 6.78. The lowest BCUT2D eigenvalue weighted by molar-refractivity contribution is 0.0533. The quantitative estimate of drug-likeness (QED) is 0.469. The molecule has 2 aromatic rings. The second-order valence-electron chi connectivity index (χ2n) is 8.29. The molecule has 2 heterocycles. The fraction of sp³-hybridized carbons (Fsp3) is 0.417. The Morgan fingerprint density at radius 1 is 1.04 bits per heavy atom. The fourth-order valence-corrected chi connectivity index (χ4v) is 5.16. The minimum Gasteiger partial charge on any atom is -0.461 e. The van der Waals surface area contributed by atoms with Crippen LogP contribution in [0.15, 0.2) is 42.5 Å². The third kappa shape index (κ3) is 2.93. The van der Waals surface area contributed by atoms with E-state index in [4.69, 9.17) is 27.9 Å². The Hall–Kier alpha value is -1.64. The maximum Gasteiger partial charge on any atom is 0.212 e. The SMILES string of the molecule is CCCCCCN1c2ccccc2C(C)(C)C12C=Cc1cc(Cl)cc(Cl)c1O2. The minimum atomic E-state index is -0.604. The number of hydrogen-bond acceptors (Lipinski definition) is 2. The van der Waals surface area contributed by atoms with Gasteiger partial charge in [0.2, 0.25) is 5.72 Å². The predicted octanol–water partition coefficient (Wildman–Crippen LogP) is 7.47. The fourth-order valence-electron chi connectivity index (χ4n) is 4.62. The molecule has 2 nitrogen and oxygen atoms in total. The van der Waals surface area contributed by atoms with Gasteiger partial charge in [-0.05, 0) is 56.2 Å². The summed E-state index contributed by atoms with van der Waals surface area (Å²) in [4.78, 5) is 2.43. The van der Waals surface area contributed by atoms with Gasteiger partial charge in [-0.1, -0.05) is 67.6 Å². The van der Waals surface area contributed by atoms with Gasteiger partial charge in [0.1, 0.15) is 5.75 Å². The van der Waals surface area contributed by atoms with Crippen molar-refractivity contribution in [1.29, 1.82) is 0 Å². The lowest BCUT2D eigenvalue weighted by Gasteiger charge is -2.47. The number of rotatable bonds is 5. The van der Waals surface area contributed by atoms with Gasteiger partial charge in [0, 0.05) is 22.8 Å². The van der Waals surface area contributed by atoms with Gasteiger partial charge in [-0.15, -0.1) is 0 Å². The van der Waals surface area contributed by atoms with Crippen LogP contribution in [0.25, 0.3) is 6.08 Å². The monoisotopic (exact) mass is 415 g/mol. The van der Waals surface area contributed by atoms with Crippen LogP contribution in [0.2, 0.25) is 10.0 Å². The molecular weight excluding hydrogens is 389 g/mol. The maximum atomic E-state index is 6.78. The van der Waals surface area contributed by atoms with Crippen molar-refractivity contribution >= 4 is 35.0 Å². The second-order valence-corrected chi connectivity index (χ2v) is 9.14. The Bertz CT molecular complexity index is 921. The molecule has 0 fully saturated rings. The Morgan fingerprint density at radius 2 is 1.82 bits per heavy atom. The highest BCUT2D eigenvalue weighted by Gasteiger charge is 2.58. The van der Waals surface area contributed by atoms with Gasteiger partial charge in [0.15, 0.2) is 0 Å². The van der Waals surface area contributed by atoms with E-state index in [9.17, 15) is 0 Å². The summed E-state index contributed by atoms with van der Waals surface area (Å²) in [5.74, 6) is 0.716. The summed E-state index contributed by atoms with van der Waals surface area (Å²) >= 11 is 12.7. The highest BCUT2D eigenvalue weighted by Crippen LogP contribution is 2.55. The molecule has 4 heteroatoms. The topological polar surface area (TPSA) is 12.5 Å². The molecule has 4 rings (SSSR count). The molecule has 0 N–H and O–H groups in total. The molecule has 0 radical (unpaired) electrons. The number of fused-ring (bicyclic) bond motifs is 2. The molecule has 28 heavy (non-hydrogen) atoms. The van der Waals surface area contributed by atoms with E-state index >= 15 is 0 Å². The van der Waals surface area contributed by atoms with Crippen LogP contribution in [0.5, 0.6) is 5.75 Å². The van der Waals surface area contributed by atoms with Crippen molar-refractivity contribution in [2.24, 2.45) is 0 Å². The number of hydrogen-bond donors (Lipinski definition) is 0. The lowest BCUT2D eigenvalue weighted by atomic mass is 9.76. The average Bonchev–Trinajstić information content (AvgIpc) is 2.84. The first-order chi connectivity index (χ1) is 13.4. The average molecular weight is 416 g/mol. The van der Waals surface area contributed by atoms with Crippen molar-refractivity contribution < 1.29 is 4.74 Å². The number of unbranched alkanes of at least 4 members (excludes halogenated alkanes) is 3. The Kier molecular flexibility index (Phi) is 5.14. The smallest absolute Gasteiger partial charge is 0.212 e. The zero-order valence-electron chi connectivity index (χ0n) is 16.8. The summed E-state index contributed by atoms with van der Waals surface area (Å²) in [6, 6.07) is 12.3. The molecule has 0 aromatic heterocycles. The van der Waals surface area contributed by atoms with Crippen LogP contribution >= 0.6 is 23.2 Å². The molecule has 0 bridgehead atoms. The molecule has 0 amide bonds. The highest BCUT2D eigenvalue weighted by atomic mass is 35.5. The van der Waals surface area contributed by atoms with Gasteiger partial charge in [-0.2, -0.15) is 0 Å². The third-order valence-electron chi connectivity index (χ3n) is 6.18. The summed E-state index contributed by atoms with van der Waals surface area (Å²) < 4.78 is 6.78. The third-order valence-corrected chi connectivity index (χ3v) is 6.68. The predicted molar refractivity (Wildman–Crippen MR) is 120 cm³/mol.